The van der Waals surface area contributed by atoms with Crippen LogP contribution in [0.5, 0.6) is 5.75 Å². The zero-order chi connectivity index (χ0) is 22.8. The summed E-state index contributed by atoms with van der Waals surface area (Å²) in [5, 5.41) is 9.09. The first-order valence-electron chi connectivity index (χ1n) is 8.88. The van der Waals surface area contributed by atoms with E-state index in [1.54, 1.807) is 0 Å². The van der Waals surface area contributed by atoms with Crippen LogP contribution in [0.15, 0.2) is 46.2 Å². The van der Waals surface area contributed by atoms with Gasteiger partial charge in [0, 0.05) is 13.1 Å². The van der Waals surface area contributed by atoms with Crippen LogP contribution in [0.2, 0.25) is 5.02 Å². The molecule has 0 saturated carbocycles. The fraction of sp³-hybridized carbons (Fsp3) is 0.278. The lowest BCUT2D eigenvalue weighted by molar-refractivity contribution is 0.0696. The standard InChI is InChI=1S/C18H19ClN2O8S2/c1-28-15-5-2-12(18(22)23)10-17(15)30(24,25)20-13-3-4-14(19)16(11-13)31(26,27)21-6-8-29-9-7-21/h2-5,10-11,20H,6-9H2,1H3,(H,22,23). The van der Waals surface area contributed by atoms with Gasteiger partial charge in [0.15, 0.2) is 0 Å². The van der Waals surface area contributed by atoms with Crippen molar-refractivity contribution in [1.82, 2.24) is 4.31 Å². The third kappa shape index (κ3) is 4.93. The minimum absolute atomic E-state index is 0.0695. The Morgan fingerprint density at radius 1 is 1.10 bits per heavy atom. The van der Waals surface area contributed by atoms with Crippen LogP contribution in [-0.2, 0) is 24.8 Å². The van der Waals surface area contributed by atoms with Gasteiger partial charge in [-0.3, -0.25) is 4.72 Å². The van der Waals surface area contributed by atoms with Gasteiger partial charge < -0.3 is 14.6 Å². The van der Waals surface area contributed by atoms with Gasteiger partial charge in [-0.25, -0.2) is 21.6 Å². The summed E-state index contributed by atoms with van der Waals surface area (Å²) >= 11 is 6.09. The number of benzene rings is 2. The van der Waals surface area contributed by atoms with Gasteiger partial charge in [-0.1, -0.05) is 11.6 Å². The third-order valence-electron chi connectivity index (χ3n) is 4.47. The van der Waals surface area contributed by atoms with Gasteiger partial charge in [0.2, 0.25) is 10.0 Å². The number of carbonyl (C=O) groups is 1. The number of anilines is 1. The minimum Gasteiger partial charge on any atom is -0.495 e. The zero-order valence-electron chi connectivity index (χ0n) is 16.2. The van der Waals surface area contributed by atoms with Crippen molar-refractivity contribution in [1.29, 1.82) is 0 Å². The minimum atomic E-state index is -4.32. The predicted octanol–water partition coefficient (Wildman–Crippen LogP) is 1.87. The Bertz CT molecular complexity index is 1210. The molecule has 0 aliphatic carbocycles. The van der Waals surface area contributed by atoms with Crippen molar-refractivity contribution in [3.05, 3.63) is 47.0 Å². The van der Waals surface area contributed by atoms with E-state index in [0.29, 0.717) is 0 Å². The van der Waals surface area contributed by atoms with Gasteiger partial charge in [0.25, 0.3) is 10.0 Å². The Kier molecular flexibility index (Phi) is 6.76. The Morgan fingerprint density at radius 3 is 2.39 bits per heavy atom. The van der Waals surface area contributed by atoms with Crippen LogP contribution in [0.25, 0.3) is 0 Å². The fourth-order valence-electron chi connectivity index (χ4n) is 2.92. The van der Waals surface area contributed by atoms with Crippen molar-refractivity contribution in [2.45, 2.75) is 9.79 Å². The molecule has 0 radical (unpaired) electrons. The SMILES string of the molecule is COc1ccc(C(=O)O)cc1S(=O)(=O)Nc1ccc(Cl)c(S(=O)(=O)N2CCOCC2)c1. The van der Waals surface area contributed by atoms with E-state index in [0.717, 1.165) is 12.1 Å². The molecule has 0 atom stereocenters. The Balaban J connectivity index is 1.99. The molecule has 2 N–H and O–H groups in total. The molecule has 0 spiro atoms. The third-order valence-corrected chi connectivity index (χ3v) is 8.25. The fourth-order valence-corrected chi connectivity index (χ4v) is 6.07. The second-order valence-electron chi connectivity index (χ2n) is 6.44. The maximum absolute atomic E-state index is 12.9. The summed E-state index contributed by atoms with van der Waals surface area (Å²) in [4.78, 5) is 10.6. The number of nitrogens with zero attached hydrogens (tertiary/aromatic N) is 1. The van der Waals surface area contributed by atoms with Crippen molar-refractivity contribution in [3.63, 3.8) is 0 Å². The van der Waals surface area contributed by atoms with E-state index in [1.165, 1.54) is 35.7 Å². The first-order chi connectivity index (χ1) is 14.6. The second-order valence-corrected chi connectivity index (χ2v) is 10.4. The summed E-state index contributed by atoms with van der Waals surface area (Å²) in [6, 6.07) is 7.04. The molecule has 1 fully saturated rings. The molecule has 3 rings (SSSR count). The van der Waals surface area contributed by atoms with Crippen LogP contribution >= 0.6 is 11.6 Å². The summed E-state index contributed by atoms with van der Waals surface area (Å²) in [6.07, 6.45) is 0. The van der Waals surface area contributed by atoms with E-state index in [4.69, 9.17) is 26.2 Å². The lowest BCUT2D eigenvalue weighted by atomic mass is 10.2. The van der Waals surface area contributed by atoms with Gasteiger partial charge in [0.05, 0.1) is 36.6 Å². The number of sulfonamides is 2. The van der Waals surface area contributed by atoms with E-state index >= 15 is 0 Å². The summed E-state index contributed by atoms with van der Waals surface area (Å²) in [6.45, 7) is 0.771. The average molecular weight is 491 g/mol. The zero-order valence-corrected chi connectivity index (χ0v) is 18.6. The maximum atomic E-state index is 12.9. The highest BCUT2D eigenvalue weighted by molar-refractivity contribution is 7.92. The number of aromatic carboxylic acids is 1. The first kappa shape index (κ1) is 23.3. The van der Waals surface area contributed by atoms with Crippen molar-refractivity contribution >= 4 is 43.3 Å². The van der Waals surface area contributed by atoms with Crippen molar-refractivity contribution in [2.75, 3.05) is 38.1 Å². The molecular weight excluding hydrogens is 472 g/mol. The number of hydrogen-bond acceptors (Lipinski definition) is 7. The predicted molar refractivity (Wildman–Crippen MR) is 112 cm³/mol. The molecule has 13 heteroatoms. The molecule has 1 saturated heterocycles. The number of methoxy groups -OCH3 is 1. The van der Waals surface area contributed by atoms with Gasteiger partial charge in [-0.15, -0.1) is 0 Å². The lowest BCUT2D eigenvalue weighted by Gasteiger charge is -2.26. The molecule has 1 heterocycles. The summed E-state index contributed by atoms with van der Waals surface area (Å²) < 4.78 is 65.4. The highest BCUT2D eigenvalue weighted by Crippen LogP contribution is 2.31. The van der Waals surface area contributed by atoms with Crippen LogP contribution in [-0.4, -0.2) is 65.6 Å². The van der Waals surface area contributed by atoms with Gasteiger partial charge in [0.1, 0.15) is 15.5 Å². The van der Waals surface area contributed by atoms with Gasteiger partial charge >= 0.3 is 5.97 Å². The van der Waals surface area contributed by atoms with Crippen LogP contribution in [0.1, 0.15) is 10.4 Å². The van der Waals surface area contributed by atoms with Crippen LogP contribution in [0.3, 0.4) is 0 Å². The topological polar surface area (TPSA) is 139 Å². The largest absolute Gasteiger partial charge is 0.495 e. The lowest BCUT2D eigenvalue weighted by Crippen LogP contribution is -2.40. The molecule has 0 amide bonds. The van der Waals surface area contributed by atoms with E-state index in [-0.39, 0.29) is 53.2 Å². The Hall–Kier alpha value is -2.38. The number of rotatable bonds is 7. The molecule has 0 bridgehead atoms. The molecule has 10 nitrogen and oxygen atoms in total. The quantitative estimate of drug-likeness (QED) is 0.599. The van der Waals surface area contributed by atoms with E-state index in [2.05, 4.69) is 4.72 Å². The molecule has 168 valence electrons. The molecule has 0 aromatic heterocycles. The van der Waals surface area contributed by atoms with Gasteiger partial charge in [-0.05, 0) is 36.4 Å². The monoisotopic (exact) mass is 490 g/mol. The van der Waals surface area contributed by atoms with Crippen molar-refractivity contribution in [2.24, 2.45) is 0 Å². The number of halogens is 1. The highest BCUT2D eigenvalue weighted by atomic mass is 35.5. The molecule has 31 heavy (non-hydrogen) atoms. The smallest absolute Gasteiger partial charge is 0.335 e. The molecule has 2 aromatic rings. The normalized spacial score (nSPS) is 15.4. The molecule has 2 aromatic carbocycles. The van der Waals surface area contributed by atoms with Crippen LogP contribution < -0.4 is 9.46 Å². The van der Waals surface area contributed by atoms with Crippen LogP contribution in [0.4, 0.5) is 5.69 Å². The number of carboxylic acid groups (broad SMARTS) is 1. The Morgan fingerprint density at radius 2 is 1.77 bits per heavy atom. The maximum Gasteiger partial charge on any atom is 0.335 e. The number of nitrogens with one attached hydrogen (secondary N) is 1. The number of hydrogen-bond donors (Lipinski definition) is 2. The molecule has 0 unspecified atom stereocenters. The van der Waals surface area contributed by atoms with Gasteiger partial charge in [-0.2, -0.15) is 4.31 Å². The average Bonchev–Trinajstić information content (AvgIpc) is 2.74. The van der Waals surface area contributed by atoms with E-state index in [1.807, 2.05) is 0 Å². The molecular formula is C18H19ClN2O8S2. The van der Waals surface area contributed by atoms with Crippen molar-refractivity contribution in [3.8, 4) is 5.75 Å². The summed E-state index contributed by atoms with van der Waals surface area (Å²) in [7, 11) is -7.06. The molecule has 1 aliphatic heterocycles. The summed E-state index contributed by atoms with van der Waals surface area (Å²) in [5.74, 6) is -1.39. The number of carboxylic acids is 1. The Labute approximate surface area is 184 Å². The van der Waals surface area contributed by atoms with E-state index in [9.17, 15) is 21.6 Å². The number of ether oxygens (including phenoxy) is 2. The highest BCUT2D eigenvalue weighted by Gasteiger charge is 2.29. The molecule has 1 aliphatic rings. The number of morpholine rings is 1. The summed E-state index contributed by atoms with van der Waals surface area (Å²) in [5.41, 5.74) is -0.327. The van der Waals surface area contributed by atoms with E-state index < -0.39 is 30.9 Å². The van der Waals surface area contributed by atoms with Crippen molar-refractivity contribution < 1.29 is 36.2 Å². The first-order valence-corrected chi connectivity index (χ1v) is 12.2. The van der Waals surface area contributed by atoms with Crippen LogP contribution in [0, 0.1) is 0 Å². The second kappa shape index (κ2) is 9.01.